The lowest BCUT2D eigenvalue weighted by atomic mass is 10.0. The highest BCUT2D eigenvalue weighted by molar-refractivity contribution is 6.32. The van der Waals surface area contributed by atoms with E-state index in [1.807, 2.05) is 6.92 Å². The summed E-state index contributed by atoms with van der Waals surface area (Å²) < 4.78 is 47.6. The van der Waals surface area contributed by atoms with Crippen molar-refractivity contribution in [3.63, 3.8) is 0 Å². The Morgan fingerprint density at radius 3 is 2.32 bits per heavy atom. The van der Waals surface area contributed by atoms with Crippen molar-refractivity contribution in [2.75, 3.05) is 12.0 Å². The van der Waals surface area contributed by atoms with Gasteiger partial charge in [-0.1, -0.05) is 29.8 Å². The van der Waals surface area contributed by atoms with Crippen LogP contribution in [-0.4, -0.2) is 23.6 Å². The average Bonchev–Trinajstić information content (AvgIpc) is 3.25. The number of allylic oxidation sites excluding steroid dienone is 1. The van der Waals surface area contributed by atoms with Crippen molar-refractivity contribution >= 4 is 35.2 Å². The molecule has 3 aromatic rings. The predicted molar refractivity (Wildman–Crippen MR) is 137 cm³/mol. The Kier molecular flexibility index (Phi) is 6.81. The number of ether oxygens (including phenoxy) is 1. The Balaban J connectivity index is 1.88. The molecule has 2 aromatic carbocycles. The largest absolute Gasteiger partial charge is 0.465 e. The van der Waals surface area contributed by atoms with Crippen LogP contribution >= 0.6 is 11.6 Å². The number of aromatic nitrogens is 1. The van der Waals surface area contributed by atoms with Gasteiger partial charge in [-0.2, -0.15) is 13.2 Å². The Labute approximate surface area is 217 Å². The molecule has 1 aromatic heterocycles. The molecule has 192 valence electrons. The zero-order valence-electron chi connectivity index (χ0n) is 20.8. The predicted octanol–water partition coefficient (Wildman–Crippen LogP) is 6.95. The minimum atomic E-state index is -4.55. The number of alkyl halides is 3. The lowest BCUT2D eigenvalue weighted by Gasteiger charge is -2.18. The molecular formula is C28H24ClF3N2O3. The Morgan fingerprint density at radius 1 is 1.03 bits per heavy atom. The summed E-state index contributed by atoms with van der Waals surface area (Å²) in [5.41, 5.74) is 2.53. The SMILES string of the molecule is COC(=O)C1=C(C)N(c2ccc(C)c(Cl)c2)C(=O)/C1=C\c1cc(C)n(-c2ccccc2C(F)(F)F)c1C. The van der Waals surface area contributed by atoms with Crippen molar-refractivity contribution in [3.05, 3.63) is 98.5 Å². The maximum atomic E-state index is 13.7. The van der Waals surface area contributed by atoms with Crippen molar-refractivity contribution in [2.24, 2.45) is 0 Å². The number of rotatable bonds is 4. The number of carbonyl (C=O) groups is 2. The third-order valence-electron chi connectivity index (χ3n) is 6.42. The van der Waals surface area contributed by atoms with Crippen molar-refractivity contribution in [1.82, 2.24) is 4.57 Å². The summed E-state index contributed by atoms with van der Waals surface area (Å²) in [6.07, 6.45) is -3.03. The van der Waals surface area contributed by atoms with Crippen LogP contribution in [0.25, 0.3) is 11.8 Å². The molecule has 0 unspecified atom stereocenters. The number of methoxy groups -OCH3 is 1. The van der Waals surface area contributed by atoms with E-state index in [2.05, 4.69) is 0 Å². The summed E-state index contributed by atoms with van der Waals surface area (Å²) in [7, 11) is 1.22. The fourth-order valence-electron chi connectivity index (χ4n) is 4.58. The maximum Gasteiger partial charge on any atom is 0.418 e. The number of hydrogen-bond acceptors (Lipinski definition) is 3. The van der Waals surface area contributed by atoms with Gasteiger partial charge in [0.05, 0.1) is 35.2 Å². The van der Waals surface area contributed by atoms with Gasteiger partial charge < -0.3 is 9.30 Å². The highest BCUT2D eigenvalue weighted by Gasteiger charge is 2.38. The molecule has 0 radical (unpaired) electrons. The standard InChI is InChI=1S/C28H24ClF3N2O3/c1-15-10-11-20(14-23(15)29)34-18(4)25(27(36)37-5)21(26(34)35)13-19-12-16(2)33(17(19)3)24-9-7-6-8-22(24)28(30,31)32/h6-14H,1-5H3/b21-13-. The number of hydrogen-bond donors (Lipinski definition) is 0. The zero-order chi connectivity index (χ0) is 27.2. The molecular weight excluding hydrogens is 505 g/mol. The van der Waals surface area contributed by atoms with Gasteiger partial charge in [0.1, 0.15) is 0 Å². The molecule has 0 atom stereocenters. The van der Waals surface area contributed by atoms with Gasteiger partial charge in [0, 0.05) is 22.1 Å². The van der Waals surface area contributed by atoms with E-state index in [-0.39, 0.29) is 16.8 Å². The monoisotopic (exact) mass is 528 g/mol. The number of halogens is 4. The summed E-state index contributed by atoms with van der Waals surface area (Å²) in [6.45, 7) is 6.81. The number of amides is 1. The molecule has 2 heterocycles. The third-order valence-corrected chi connectivity index (χ3v) is 6.83. The van der Waals surface area contributed by atoms with Crippen LogP contribution < -0.4 is 4.90 Å². The summed E-state index contributed by atoms with van der Waals surface area (Å²) in [6, 6.07) is 12.1. The highest BCUT2D eigenvalue weighted by atomic mass is 35.5. The van der Waals surface area contributed by atoms with Crippen LogP contribution in [0, 0.1) is 20.8 Å². The van der Waals surface area contributed by atoms with E-state index in [9.17, 15) is 22.8 Å². The minimum Gasteiger partial charge on any atom is -0.465 e. The molecule has 0 spiro atoms. The van der Waals surface area contributed by atoms with Gasteiger partial charge in [0.2, 0.25) is 0 Å². The minimum absolute atomic E-state index is 0.0248. The van der Waals surface area contributed by atoms with Crippen LogP contribution in [0.15, 0.2) is 65.4 Å². The van der Waals surface area contributed by atoms with E-state index >= 15 is 0 Å². The van der Waals surface area contributed by atoms with Gasteiger partial charge in [-0.3, -0.25) is 9.69 Å². The molecule has 0 N–H and O–H groups in total. The van der Waals surface area contributed by atoms with Crippen molar-refractivity contribution in [3.8, 4) is 5.69 Å². The van der Waals surface area contributed by atoms with E-state index in [0.717, 1.165) is 11.6 Å². The third kappa shape index (κ3) is 4.57. The quantitative estimate of drug-likeness (QED) is 0.272. The van der Waals surface area contributed by atoms with E-state index in [1.165, 1.54) is 40.9 Å². The Bertz CT molecular complexity index is 1500. The second-order valence-electron chi connectivity index (χ2n) is 8.76. The molecule has 1 aliphatic heterocycles. The van der Waals surface area contributed by atoms with Gasteiger partial charge in [-0.05, 0) is 75.2 Å². The summed E-state index contributed by atoms with van der Waals surface area (Å²) >= 11 is 6.28. The number of aryl methyl sites for hydroxylation is 2. The molecule has 0 fully saturated rings. The van der Waals surface area contributed by atoms with Gasteiger partial charge >= 0.3 is 12.1 Å². The average molecular weight is 529 g/mol. The first-order valence-corrected chi connectivity index (χ1v) is 11.7. The molecule has 0 aliphatic carbocycles. The second-order valence-corrected chi connectivity index (χ2v) is 9.17. The number of anilines is 1. The van der Waals surface area contributed by atoms with E-state index in [1.54, 1.807) is 45.0 Å². The first-order valence-electron chi connectivity index (χ1n) is 11.3. The first-order chi connectivity index (χ1) is 17.4. The maximum absolute atomic E-state index is 13.7. The van der Waals surface area contributed by atoms with Crippen LogP contribution in [0.1, 0.15) is 35.0 Å². The lowest BCUT2D eigenvalue weighted by molar-refractivity contribution is -0.137. The van der Waals surface area contributed by atoms with E-state index in [4.69, 9.17) is 16.3 Å². The first kappa shape index (κ1) is 26.3. The molecule has 5 nitrogen and oxygen atoms in total. The molecule has 0 bridgehead atoms. The Hall–Kier alpha value is -3.78. The van der Waals surface area contributed by atoms with Crippen molar-refractivity contribution in [1.29, 1.82) is 0 Å². The number of carbonyl (C=O) groups excluding carboxylic acids is 2. The Morgan fingerprint density at radius 2 is 1.70 bits per heavy atom. The second kappa shape index (κ2) is 9.59. The van der Waals surface area contributed by atoms with Crippen molar-refractivity contribution in [2.45, 2.75) is 33.9 Å². The highest BCUT2D eigenvalue weighted by Crippen LogP contribution is 2.39. The number of benzene rings is 2. The normalized spacial score (nSPS) is 15.2. The number of nitrogens with zero attached hydrogens (tertiary/aromatic N) is 2. The molecule has 4 rings (SSSR count). The summed E-state index contributed by atoms with van der Waals surface area (Å²) in [5, 5.41) is 0.460. The van der Waals surface area contributed by atoms with E-state index < -0.39 is 23.6 Å². The van der Waals surface area contributed by atoms with Crippen LogP contribution in [0.3, 0.4) is 0 Å². The van der Waals surface area contributed by atoms with Gasteiger partial charge in [-0.25, -0.2) is 4.79 Å². The van der Waals surface area contributed by atoms with Crippen molar-refractivity contribution < 1.29 is 27.5 Å². The fraction of sp³-hybridized carbons (Fsp3) is 0.214. The van der Waals surface area contributed by atoms with Crippen LogP contribution in [0.5, 0.6) is 0 Å². The van der Waals surface area contributed by atoms with Gasteiger partial charge in [-0.15, -0.1) is 0 Å². The smallest absolute Gasteiger partial charge is 0.418 e. The molecule has 0 saturated heterocycles. The van der Waals surface area contributed by atoms with Gasteiger partial charge in [0.15, 0.2) is 0 Å². The van der Waals surface area contributed by atoms with Crippen LogP contribution in [0.4, 0.5) is 18.9 Å². The summed E-state index contributed by atoms with van der Waals surface area (Å²) in [4.78, 5) is 27.7. The van der Waals surface area contributed by atoms with Crippen LogP contribution in [0.2, 0.25) is 5.02 Å². The van der Waals surface area contributed by atoms with Crippen LogP contribution in [-0.2, 0) is 20.5 Å². The molecule has 1 amide bonds. The zero-order valence-corrected chi connectivity index (χ0v) is 21.6. The fourth-order valence-corrected chi connectivity index (χ4v) is 4.75. The molecule has 0 saturated carbocycles. The number of esters is 1. The molecule has 1 aliphatic rings. The topological polar surface area (TPSA) is 51.5 Å². The summed E-state index contributed by atoms with van der Waals surface area (Å²) in [5.74, 6) is -1.17. The molecule has 9 heteroatoms. The van der Waals surface area contributed by atoms with E-state index in [0.29, 0.717) is 33.4 Å². The molecule has 37 heavy (non-hydrogen) atoms. The van der Waals surface area contributed by atoms with Gasteiger partial charge in [0.25, 0.3) is 5.91 Å². The number of para-hydroxylation sites is 1. The lowest BCUT2D eigenvalue weighted by Crippen LogP contribution is -2.24.